The summed E-state index contributed by atoms with van der Waals surface area (Å²) in [4.78, 5) is 14.7. The molecule has 0 aliphatic heterocycles. The van der Waals surface area contributed by atoms with E-state index in [1.54, 1.807) is 30.3 Å². The van der Waals surface area contributed by atoms with E-state index in [1.165, 1.54) is 12.1 Å². The number of urea groups is 1. The van der Waals surface area contributed by atoms with Gasteiger partial charge in [0.15, 0.2) is 0 Å². The average Bonchev–Trinajstić information content (AvgIpc) is 2.83. The van der Waals surface area contributed by atoms with Crippen LogP contribution in [0, 0.1) is 5.82 Å². The molecule has 0 radical (unpaired) electrons. The first-order chi connectivity index (χ1) is 17.3. The van der Waals surface area contributed by atoms with E-state index in [2.05, 4.69) is 47.1 Å². The van der Waals surface area contributed by atoms with Crippen molar-refractivity contribution in [1.82, 2.24) is 15.5 Å². The molecule has 0 aliphatic carbocycles. The van der Waals surface area contributed by atoms with Gasteiger partial charge in [-0.05, 0) is 93.6 Å². The lowest BCUT2D eigenvalue weighted by atomic mass is 9.93. The van der Waals surface area contributed by atoms with Gasteiger partial charge in [0.2, 0.25) is 0 Å². The van der Waals surface area contributed by atoms with E-state index in [9.17, 15) is 9.18 Å². The zero-order valence-electron chi connectivity index (χ0n) is 20.7. The standard InChI is InChI=1S/C28H33Cl2FN4O/c1-35(2)15-3-13-32-14-12-23(19-33-28(36)34-27-17-24(29)16-25(30)18-27)22-6-4-20(5-7-22)21-8-10-26(31)11-9-21/h4-11,16-18,23,32H,3,12-15,19H2,1-2H3,(H2,33,34,36). The number of halogens is 3. The molecule has 3 N–H and O–H groups in total. The molecule has 5 nitrogen and oxygen atoms in total. The van der Waals surface area contributed by atoms with Crippen molar-refractivity contribution in [2.45, 2.75) is 18.8 Å². The Bertz CT molecular complexity index is 1090. The summed E-state index contributed by atoms with van der Waals surface area (Å²) in [6.07, 6.45) is 1.94. The number of carbonyl (C=O) groups excluding carboxylic acids is 1. The SMILES string of the molecule is CN(C)CCCNCCC(CNC(=O)Nc1cc(Cl)cc(Cl)c1)c1ccc(-c2ccc(F)cc2)cc1. The second-order valence-corrected chi connectivity index (χ2v) is 9.89. The molecule has 0 fully saturated rings. The van der Waals surface area contributed by atoms with Gasteiger partial charge in [-0.1, -0.05) is 59.6 Å². The summed E-state index contributed by atoms with van der Waals surface area (Å²) in [6.45, 7) is 3.29. The lowest BCUT2D eigenvalue weighted by Gasteiger charge is -2.20. The number of carbonyl (C=O) groups is 1. The van der Waals surface area contributed by atoms with Crippen molar-refractivity contribution in [3.8, 4) is 11.1 Å². The Morgan fingerprint density at radius 3 is 2.14 bits per heavy atom. The molecule has 192 valence electrons. The molecule has 3 rings (SSSR count). The van der Waals surface area contributed by atoms with E-state index < -0.39 is 0 Å². The molecule has 0 saturated heterocycles. The third-order valence-electron chi connectivity index (χ3n) is 5.82. The summed E-state index contributed by atoms with van der Waals surface area (Å²) >= 11 is 12.1. The van der Waals surface area contributed by atoms with Gasteiger partial charge in [0, 0.05) is 28.2 Å². The Kier molecular flexibility index (Phi) is 11.0. The number of benzene rings is 3. The Labute approximate surface area is 223 Å². The van der Waals surface area contributed by atoms with Crippen molar-refractivity contribution in [3.63, 3.8) is 0 Å². The molecule has 1 unspecified atom stereocenters. The minimum atomic E-state index is -0.319. The number of amides is 2. The maximum Gasteiger partial charge on any atom is 0.319 e. The first-order valence-corrected chi connectivity index (χ1v) is 12.8. The number of hydrogen-bond donors (Lipinski definition) is 3. The van der Waals surface area contributed by atoms with Gasteiger partial charge in [0.05, 0.1) is 0 Å². The molecule has 0 spiro atoms. The van der Waals surface area contributed by atoms with E-state index in [0.29, 0.717) is 22.3 Å². The molecule has 8 heteroatoms. The van der Waals surface area contributed by atoms with E-state index in [1.807, 2.05) is 12.1 Å². The van der Waals surface area contributed by atoms with Crippen LogP contribution in [-0.4, -0.2) is 51.2 Å². The molecular weight excluding hydrogens is 498 g/mol. The molecule has 0 bridgehead atoms. The van der Waals surface area contributed by atoms with Crippen LogP contribution in [0.15, 0.2) is 66.7 Å². The minimum absolute atomic E-state index is 0.113. The van der Waals surface area contributed by atoms with Gasteiger partial charge in [-0.25, -0.2) is 9.18 Å². The van der Waals surface area contributed by atoms with Crippen molar-refractivity contribution < 1.29 is 9.18 Å². The number of nitrogens with one attached hydrogen (secondary N) is 3. The smallest absolute Gasteiger partial charge is 0.319 e. The quantitative estimate of drug-likeness (QED) is 0.230. The lowest BCUT2D eigenvalue weighted by molar-refractivity contribution is 0.251. The maximum absolute atomic E-state index is 13.3. The second-order valence-electron chi connectivity index (χ2n) is 9.01. The lowest BCUT2D eigenvalue weighted by Crippen LogP contribution is -2.33. The van der Waals surface area contributed by atoms with Crippen molar-refractivity contribution >= 4 is 34.9 Å². The fourth-order valence-corrected chi connectivity index (χ4v) is 4.44. The number of nitrogens with zero attached hydrogens (tertiary/aromatic N) is 1. The van der Waals surface area contributed by atoms with Gasteiger partial charge < -0.3 is 20.9 Å². The third-order valence-corrected chi connectivity index (χ3v) is 6.25. The third kappa shape index (κ3) is 9.43. The topological polar surface area (TPSA) is 56.4 Å². The zero-order valence-corrected chi connectivity index (χ0v) is 22.2. The fourth-order valence-electron chi connectivity index (χ4n) is 3.92. The van der Waals surface area contributed by atoms with Crippen molar-refractivity contribution in [2.24, 2.45) is 0 Å². The molecule has 2 amide bonds. The zero-order chi connectivity index (χ0) is 25.9. The van der Waals surface area contributed by atoms with Crippen molar-refractivity contribution in [2.75, 3.05) is 45.6 Å². The average molecular weight is 532 g/mol. The molecular formula is C28H33Cl2FN4O. The molecule has 1 atom stereocenters. The van der Waals surface area contributed by atoms with Crippen LogP contribution in [0.1, 0.15) is 24.3 Å². The second kappa shape index (κ2) is 14.2. The first-order valence-electron chi connectivity index (χ1n) is 12.0. The van der Waals surface area contributed by atoms with Crippen LogP contribution >= 0.6 is 23.2 Å². The molecule has 36 heavy (non-hydrogen) atoms. The van der Waals surface area contributed by atoms with E-state index >= 15 is 0 Å². The van der Waals surface area contributed by atoms with Crippen LogP contribution in [0.4, 0.5) is 14.9 Å². The Morgan fingerprint density at radius 1 is 0.917 bits per heavy atom. The summed E-state index contributed by atoms with van der Waals surface area (Å²) < 4.78 is 13.3. The minimum Gasteiger partial charge on any atom is -0.337 e. The van der Waals surface area contributed by atoms with Crippen LogP contribution in [0.3, 0.4) is 0 Å². The highest BCUT2D eigenvalue weighted by Crippen LogP contribution is 2.25. The largest absolute Gasteiger partial charge is 0.337 e. The predicted molar refractivity (Wildman–Crippen MR) is 149 cm³/mol. The van der Waals surface area contributed by atoms with Crippen LogP contribution < -0.4 is 16.0 Å². The molecule has 3 aromatic rings. The van der Waals surface area contributed by atoms with E-state index in [-0.39, 0.29) is 17.8 Å². The van der Waals surface area contributed by atoms with Crippen LogP contribution in [0.5, 0.6) is 0 Å². The summed E-state index contributed by atoms with van der Waals surface area (Å²) in [5, 5.41) is 10.2. The van der Waals surface area contributed by atoms with Crippen molar-refractivity contribution in [1.29, 1.82) is 0 Å². The normalized spacial score (nSPS) is 11.9. The fraction of sp³-hybridized carbons (Fsp3) is 0.321. The van der Waals surface area contributed by atoms with Gasteiger partial charge in [-0.15, -0.1) is 0 Å². The molecule has 0 heterocycles. The van der Waals surface area contributed by atoms with Gasteiger partial charge in [-0.2, -0.15) is 0 Å². The molecule has 0 saturated carbocycles. The molecule has 0 aromatic heterocycles. The Balaban J connectivity index is 1.62. The highest BCUT2D eigenvalue weighted by atomic mass is 35.5. The Hall–Kier alpha value is -2.64. The monoisotopic (exact) mass is 530 g/mol. The summed E-state index contributed by atoms with van der Waals surface area (Å²) in [7, 11) is 4.14. The van der Waals surface area contributed by atoms with Crippen LogP contribution in [-0.2, 0) is 0 Å². The first kappa shape index (κ1) is 27.9. The highest BCUT2D eigenvalue weighted by molar-refractivity contribution is 6.35. The predicted octanol–water partition coefficient (Wildman–Crippen LogP) is 6.64. The summed E-state index contributed by atoms with van der Waals surface area (Å²) in [5.74, 6) is -0.139. The highest BCUT2D eigenvalue weighted by Gasteiger charge is 2.14. The number of anilines is 1. The number of hydrogen-bond acceptors (Lipinski definition) is 3. The van der Waals surface area contributed by atoms with Gasteiger partial charge in [0.1, 0.15) is 5.82 Å². The summed E-state index contributed by atoms with van der Waals surface area (Å²) in [5.41, 5.74) is 3.64. The molecule has 3 aromatic carbocycles. The number of rotatable bonds is 12. The van der Waals surface area contributed by atoms with Gasteiger partial charge in [0.25, 0.3) is 0 Å². The maximum atomic E-state index is 13.3. The molecule has 0 aliphatic rings. The van der Waals surface area contributed by atoms with Crippen molar-refractivity contribution in [3.05, 3.63) is 88.2 Å². The van der Waals surface area contributed by atoms with Gasteiger partial charge in [-0.3, -0.25) is 0 Å². The Morgan fingerprint density at radius 2 is 1.53 bits per heavy atom. The van der Waals surface area contributed by atoms with Crippen LogP contribution in [0.2, 0.25) is 10.0 Å². The van der Waals surface area contributed by atoms with Crippen LogP contribution in [0.25, 0.3) is 11.1 Å². The summed E-state index contributed by atoms with van der Waals surface area (Å²) in [6, 6.07) is 19.3. The van der Waals surface area contributed by atoms with E-state index in [0.717, 1.165) is 49.2 Å². The van der Waals surface area contributed by atoms with Gasteiger partial charge >= 0.3 is 6.03 Å². The van der Waals surface area contributed by atoms with E-state index in [4.69, 9.17) is 23.2 Å².